The molecular formula is C6H7BrClNO. The molecule has 1 rings (SSSR count). The van der Waals surface area contributed by atoms with E-state index in [0.29, 0.717) is 4.60 Å². The van der Waals surface area contributed by atoms with Crippen molar-refractivity contribution in [2.75, 3.05) is 0 Å². The largest absolute Gasteiger partial charge is 0.618 e. The fourth-order valence-electron chi connectivity index (χ4n) is 0.563. The van der Waals surface area contributed by atoms with Gasteiger partial charge in [0.25, 0.3) is 4.60 Å². The van der Waals surface area contributed by atoms with E-state index in [0.717, 1.165) is 10.3 Å². The molecule has 0 aromatic carbocycles. The van der Waals surface area contributed by atoms with Gasteiger partial charge >= 0.3 is 0 Å². The van der Waals surface area contributed by atoms with Gasteiger partial charge in [0.1, 0.15) is 0 Å². The summed E-state index contributed by atoms with van der Waals surface area (Å²) in [7, 11) is 0. The predicted octanol–water partition coefficient (Wildman–Crippen LogP) is 1.81. The van der Waals surface area contributed by atoms with Crippen molar-refractivity contribution in [1.29, 1.82) is 0 Å². The number of aromatic nitrogens is 1. The average molecular weight is 224 g/mol. The summed E-state index contributed by atoms with van der Waals surface area (Å²) in [5.74, 6) is 0. The topological polar surface area (TPSA) is 26.9 Å². The molecule has 0 bridgehead atoms. The fraction of sp³-hybridized carbons (Fsp3) is 0.167. The molecule has 0 aliphatic heterocycles. The van der Waals surface area contributed by atoms with E-state index in [1.807, 2.05) is 13.0 Å². The minimum Gasteiger partial charge on any atom is -0.618 e. The molecule has 0 saturated heterocycles. The summed E-state index contributed by atoms with van der Waals surface area (Å²) >= 11 is 3.08. The van der Waals surface area contributed by atoms with Crippen LogP contribution in [0.3, 0.4) is 0 Å². The third kappa shape index (κ3) is 2.15. The van der Waals surface area contributed by atoms with Crippen LogP contribution in [0.25, 0.3) is 0 Å². The molecule has 0 fully saturated rings. The van der Waals surface area contributed by atoms with E-state index in [1.165, 1.54) is 6.20 Å². The Morgan fingerprint density at radius 1 is 1.50 bits per heavy atom. The van der Waals surface area contributed by atoms with E-state index in [2.05, 4.69) is 15.9 Å². The molecule has 0 amide bonds. The van der Waals surface area contributed by atoms with Crippen molar-refractivity contribution in [3.05, 3.63) is 33.7 Å². The predicted molar refractivity (Wildman–Crippen MR) is 45.1 cm³/mol. The lowest BCUT2D eigenvalue weighted by atomic mass is 10.3. The summed E-state index contributed by atoms with van der Waals surface area (Å²) in [6.45, 7) is 1.88. The maximum atomic E-state index is 10.7. The zero-order chi connectivity index (χ0) is 6.85. The second-order valence-electron chi connectivity index (χ2n) is 1.85. The first-order valence-corrected chi connectivity index (χ1v) is 3.35. The van der Waals surface area contributed by atoms with Gasteiger partial charge in [0, 0.05) is 27.6 Å². The number of halogens is 2. The number of hydrogen-bond donors (Lipinski definition) is 0. The Morgan fingerprint density at radius 2 is 2.10 bits per heavy atom. The minimum atomic E-state index is 0. The third-order valence-corrected chi connectivity index (χ3v) is 1.63. The van der Waals surface area contributed by atoms with Crippen molar-refractivity contribution in [2.24, 2.45) is 0 Å². The molecule has 2 nitrogen and oxygen atoms in total. The van der Waals surface area contributed by atoms with Gasteiger partial charge in [-0.15, -0.1) is 12.4 Å². The molecule has 0 spiro atoms. The van der Waals surface area contributed by atoms with E-state index < -0.39 is 0 Å². The van der Waals surface area contributed by atoms with E-state index in [1.54, 1.807) is 6.07 Å². The molecule has 10 heavy (non-hydrogen) atoms. The van der Waals surface area contributed by atoms with Gasteiger partial charge in [-0.25, -0.2) is 0 Å². The standard InChI is InChI=1S/C6H6BrNO.ClH/c1-5-2-3-6(7)8(9)4-5;/h2-4H,1H3;1H. The molecule has 1 aromatic rings. The lowest BCUT2D eigenvalue weighted by molar-refractivity contribution is -0.617. The van der Waals surface area contributed by atoms with Crippen molar-refractivity contribution < 1.29 is 4.73 Å². The Bertz CT molecular complexity index is 229. The fourth-order valence-corrected chi connectivity index (χ4v) is 0.798. The van der Waals surface area contributed by atoms with Crippen LogP contribution >= 0.6 is 28.3 Å². The zero-order valence-corrected chi connectivity index (χ0v) is 7.78. The van der Waals surface area contributed by atoms with Crippen LogP contribution in [-0.4, -0.2) is 0 Å². The van der Waals surface area contributed by atoms with Crippen LogP contribution in [0.1, 0.15) is 5.56 Å². The molecule has 0 unspecified atom stereocenters. The molecule has 0 aliphatic rings. The Balaban J connectivity index is 0.000000810. The van der Waals surface area contributed by atoms with Crippen LogP contribution in [0.4, 0.5) is 0 Å². The lowest BCUT2D eigenvalue weighted by Crippen LogP contribution is -2.27. The molecule has 56 valence electrons. The highest BCUT2D eigenvalue weighted by molar-refractivity contribution is 9.10. The van der Waals surface area contributed by atoms with E-state index in [4.69, 9.17) is 0 Å². The van der Waals surface area contributed by atoms with Crippen LogP contribution in [0.15, 0.2) is 22.9 Å². The van der Waals surface area contributed by atoms with E-state index in [9.17, 15) is 5.21 Å². The Labute approximate surface area is 74.0 Å². The maximum absolute atomic E-state index is 10.7. The zero-order valence-electron chi connectivity index (χ0n) is 5.37. The van der Waals surface area contributed by atoms with Crippen LogP contribution in [0, 0.1) is 12.1 Å². The first kappa shape index (κ1) is 9.72. The van der Waals surface area contributed by atoms with Crippen LogP contribution in [0.5, 0.6) is 0 Å². The number of pyridine rings is 1. The van der Waals surface area contributed by atoms with Gasteiger partial charge in [-0.1, -0.05) is 0 Å². The van der Waals surface area contributed by atoms with E-state index in [-0.39, 0.29) is 12.4 Å². The van der Waals surface area contributed by atoms with Gasteiger partial charge in [-0.3, -0.25) is 0 Å². The minimum absolute atomic E-state index is 0. The molecular weight excluding hydrogens is 217 g/mol. The Kier molecular flexibility index (Phi) is 3.68. The number of nitrogens with zero attached hydrogens (tertiary/aromatic N) is 1. The Morgan fingerprint density at radius 3 is 2.50 bits per heavy atom. The smallest absolute Gasteiger partial charge is 0.259 e. The van der Waals surface area contributed by atoms with Crippen molar-refractivity contribution in [3.63, 3.8) is 0 Å². The lowest BCUT2D eigenvalue weighted by Gasteiger charge is -1.97. The summed E-state index contributed by atoms with van der Waals surface area (Å²) in [5.41, 5.74) is 0.966. The molecule has 0 saturated carbocycles. The molecule has 0 N–H and O–H groups in total. The van der Waals surface area contributed by atoms with Crippen LogP contribution < -0.4 is 4.73 Å². The monoisotopic (exact) mass is 223 g/mol. The molecule has 0 atom stereocenters. The van der Waals surface area contributed by atoms with Gasteiger partial charge in [-0.2, -0.15) is 4.73 Å². The summed E-state index contributed by atoms with van der Waals surface area (Å²) in [5, 5.41) is 10.7. The van der Waals surface area contributed by atoms with E-state index >= 15 is 0 Å². The molecule has 1 aromatic heterocycles. The quantitative estimate of drug-likeness (QED) is 0.375. The van der Waals surface area contributed by atoms with Crippen molar-refractivity contribution in [2.45, 2.75) is 6.92 Å². The second kappa shape index (κ2) is 3.78. The first-order chi connectivity index (χ1) is 4.20. The molecule has 0 radical (unpaired) electrons. The summed E-state index contributed by atoms with van der Waals surface area (Å²) in [4.78, 5) is 0. The first-order valence-electron chi connectivity index (χ1n) is 2.55. The number of aryl methyl sites for hydroxylation is 1. The normalized spacial score (nSPS) is 8.60. The van der Waals surface area contributed by atoms with Crippen molar-refractivity contribution >= 4 is 28.3 Å². The maximum Gasteiger partial charge on any atom is 0.259 e. The molecule has 0 aliphatic carbocycles. The average Bonchev–Trinajstić information content (AvgIpc) is 1.80. The Hall–Kier alpha value is -0.280. The molecule has 4 heteroatoms. The van der Waals surface area contributed by atoms with Crippen molar-refractivity contribution in [1.82, 2.24) is 0 Å². The highest BCUT2D eigenvalue weighted by atomic mass is 79.9. The van der Waals surface area contributed by atoms with Crippen LogP contribution in [0.2, 0.25) is 0 Å². The summed E-state index contributed by atoms with van der Waals surface area (Å²) < 4.78 is 1.34. The summed E-state index contributed by atoms with van der Waals surface area (Å²) in [6.07, 6.45) is 1.52. The second-order valence-corrected chi connectivity index (χ2v) is 2.67. The number of hydrogen-bond acceptors (Lipinski definition) is 1. The van der Waals surface area contributed by atoms with Crippen LogP contribution in [-0.2, 0) is 0 Å². The third-order valence-electron chi connectivity index (χ3n) is 1.02. The van der Waals surface area contributed by atoms with Gasteiger partial charge in [0.05, 0.1) is 0 Å². The van der Waals surface area contributed by atoms with Crippen molar-refractivity contribution in [3.8, 4) is 0 Å². The SMILES string of the molecule is Cc1ccc(Br)[n+]([O-])c1.Cl. The van der Waals surface area contributed by atoms with Gasteiger partial charge < -0.3 is 5.21 Å². The highest BCUT2D eigenvalue weighted by Crippen LogP contribution is 2.02. The van der Waals surface area contributed by atoms with Gasteiger partial charge in [0.15, 0.2) is 6.20 Å². The number of rotatable bonds is 0. The van der Waals surface area contributed by atoms with Gasteiger partial charge in [-0.05, 0) is 13.0 Å². The molecule has 1 heterocycles. The summed E-state index contributed by atoms with van der Waals surface area (Å²) in [6, 6.07) is 3.60. The highest BCUT2D eigenvalue weighted by Gasteiger charge is 1.96. The van der Waals surface area contributed by atoms with Gasteiger partial charge in [0.2, 0.25) is 0 Å².